The molecular formula is C15H17ClN2O. The molecule has 0 spiro atoms. The largest absolute Gasteiger partial charge is 0.298 e. The summed E-state index contributed by atoms with van der Waals surface area (Å²) in [5, 5.41) is 4.87. The molecule has 0 saturated carbocycles. The third kappa shape index (κ3) is 2.87. The Morgan fingerprint density at radius 2 is 1.95 bits per heavy atom. The molecule has 0 aliphatic heterocycles. The molecule has 0 atom stereocenters. The number of carbonyl (C=O) groups is 1. The highest BCUT2D eigenvalue weighted by molar-refractivity contribution is 6.32. The van der Waals surface area contributed by atoms with Crippen LogP contribution in [-0.4, -0.2) is 16.1 Å². The summed E-state index contributed by atoms with van der Waals surface area (Å²) in [5.41, 5.74) is 3.59. The molecule has 0 bridgehead atoms. The van der Waals surface area contributed by atoms with E-state index in [1.165, 1.54) is 5.56 Å². The third-order valence-electron chi connectivity index (χ3n) is 3.07. The highest BCUT2D eigenvalue weighted by Gasteiger charge is 2.18. The summed E-state index contributed by atoms with van der Waals surface area (Å²) in [6, 6.07) is 8.19. The van der Waals surface area contributed by atoms with Gasteiger partial charge in [0.2, 0.25) is 0 Å². The maximum atomic E-state index is 11.1. The van der Waals surface area contributed by atoms with Gasteiger partial charge in [-0.25, -0.2) is 4.68 Å². The summed E-state index contributed by atoms with van der Waals surface area (Å²) < 4.78 is 1.69. The van der Waals surface area contributed by atoms with Crippen molar-refractivity contribution < 1.29 is 4.79 Å². The molecule has 0 amide bonds. The van der Waals surface area contributed by atoms with Crippen molar-refractivity contribution in [2.24, 2.45) is 0 Å². The molecule has 1 aromatic heterocycles. The van der Waals surface area contributed by atoms with E-state index >= 15 is 0 Å². The van der Waals surface area contributed by atoms with Gasteiger partial charge in [0.1, 0.15) is 5.15 Å². The highest BCUT2D eigenvalue weighted by atomic mass is 35.5. The zero-order valence-corrected chi connectivity index (χ0v) is 12.1. The molecule has 2 rings (SSSR count). The Hall–Kier alpha value is -1.61. The van der Waals surface area contributed by atoms with Gasteiger partial charge in [-0.1, -0.05) is 55.3 Å². The number of aromatic nitrogens is 2. The first-order valence-electron chi connectivity index (χ1n) is 6.30. The van der Waals surface area contributed by atoms with E-state index < -0.39 is 0 Å². The van der Waals surface area contributed by atoms with Crippen LogP contribution in [0.15, 0.2) is 24.3 Å². The van der Waals surface area contributed by atoms with Gasteiger partial charge in [-0.3, -0.25) is 4.79 Å². The Morgan fingerprint density at radius 1 is 1.32 bits per heavy atom. The smallest absolute Gasteiger partial charge is 0.155 e. The van der Waals surface area contributed by atoms with Crippen molar-refractivity contribution in [2.45, 2.75) is 33.2 Å². The number of benzene rings is 1. The molecule has 0 fully saturated rings. The average molecular weight is 277 g/mol. The molecule has 0 unspecified atom stereocenters. The van der Waals surface area contributed by atoms with Crippen LogP contribution in [-0.2, 0) is 6.54 Å². The normalized spacial score (nSPS) is 11.0. The predicted molar refractivity (Wildman–Crippen MR) is 77.0 cm³/mol. The average Bonchev–Trinajstić information content (AvgIpc) is 2.69. The van der Waals surface area contributed by atoms with Crippen LogP contribution in [0.1, 0.15) is 46.9 Å². The van der Waals surface area contributed by atoms with Crippen molar-refractivity contribution in [3.05, 3.63) is 51.8 Å². The van der Waals surface area contributed by atoms with Crippen LogP contribution >= 0.6 is 11.6 Å². The number of aldehydes is 1. The molecule has 19 heavy (non-hydrogen) atoms. The van der Waals surface area contributed by atoms with Crippen LogP contribution in [0, 0.1) is 6.92 Å². The molecule has 0 radical (unpaired) electrons. The van der Waals surface area contributed by atoms with Gasteiger partial charge in [-0.2, -0.15) is 5.10 Å². The third-order valence-corrected chi connectivity index (χ3v) is 3.47. The Labute approximate surface area is 118 Å². The predicted octanol–water partition coefficient (Wildman–Crippen LogP) is 3.83. The van der Waals surface area contributed by atoms with Crippen LogP contribution < -0.4 is 0 Å². The number of rotatable bonds is 4. The Bertz CT molecular complexity index is 585. The van der Waals surface area contributed by atoms with E-state index in [2.05, 4.69) is 17.2 Å². The van der Waals surface area contributed by atoms with Crippen molar-refractivity contribution in [3.63, 3.8) is 0 Å². The van der Waals surface area contributed by atoms with E-state index in [0.717, 1.165) is 17.5 Å². The van der Waals surface area contributed by atoms with Gasteiger partial charge in [0.15, 0.2) is 6.29 Å². The maximum Gasteiger partial charge on any atom is 0.155 e. The second-order valence-corrected chi connectivity index (χ2v) is 5.36. The molecule has 0 aliphatic rings. The Morgan fingerprint density at radius 3 is 2.42 bits per heavy atom. The second kappa shape index (κ2) is 5.57. The molecule has 100 valence electrons. The minimum absolute atomic E-state index is 0.178. The monoisotopic (exact) mass is 276 g/mol. The Balaban J connectivity index is 2.35. The molecule has 0 aliphatic carbocycles. The lowest BCUT2D eigenvalue weighted by Gasteiger charge is -2.04. The fourth-order valence-electron chi connectivity index (χ4n) is 1.98. The van der Waals surface area contributed by atoms with Crippen LogP contribution in [0.4, 0.5) is 0 Å². The highest BCUT2D eigenvalue weighted by Crippen LogP contribution is 2.25. The number of aryl methyl sites for hydroxylation is 1. The minimum atomic E-state index is 0.178. The summed E-state index contributed by atoms with van der Waals surface area (Å²) in [4.78, 5) is 11.1. The number of carbonyl (C=O) groups excluding carboxylic acids is 1. The molecule has 3 nitrogen and oxygen atoms in total. The van der Waals surface area contributed by atoms with Crippen molar-refractivity contribution in [2.75, 3.05) is 0 Å². The number of nitrogens with zero attached hydrogens (tertiary/aromatic N) is 2. The fourth-order valence-corrected chi connectivity index (χ4v) is 2.22. The van der Waals surface area contributed by atoms with Crippen molar-refractivity contribution in [1.29, 1.82) is 0 Å². The molecule has 4 heteroatoms. The summed E-state index contributed by atoms with van der Waals surface area (Å²) in [5.74, 6) is 0.178. The van der Waals surface area contributed by atoms with Crippen LogP contribution in [0.5, 0.6) is 0 Å². The lowest BCUT2D eigenvalue weighted by molar-refractivity contribution is 0.112. The van der Waals surface area contributed by atoms with Crippen molar-refractivity contribution in [1.82, 2.24) is 9.78 Å². The first-order chi connectivity index (χ1) is 9.02. The van der Waals surface area contributed by atoms with Crippen LogP contribution in [0.2, 0.25) is 5.15 Å². The molecular weight excluding hydrogens is 260 g/mol. The van der Waals surface area contributed by atoms with E-state index in [1.54, 1.807) is 4.68 Å². The SMILES string of the molecule is Cc1ccc(Cn2nc(C(C)C)c(C=O)c2Cl)cc1. The van der Waals surface area contributed by atoms with E-state index in [-0.39, 0.29) is 5.92 Å². The fraction of sp³-hybridized carbons (Fsp3) is 0.333. The maximum absolute atomic E-state index is 11.1. The summed E-state index contributed by atoms with van der Waals surface area (Å²) >= 11 is 6.22. The van der Waals surface area contributed by atoms with Gasteiger partial charge in [0, 0.05) is 0 Å². The van der Waals surface area contributed by atoms with Crippen molar-refractivity contribution in [3.8, 4) is 0 Å². The number of halogens is 1. The quantitative estimate of drug-likeness (QED) is 0.796. The van der Waals surface area contributed by atoms with E-state index in [4.69, 9.17) is 11.6 Å². The summed E-state index contributed by atoms with van der Waals surface area (Å²) in [6.45, 7) is 6.63. The van der Waals surface area contributed by atoms with Gasteiger partial charge in [-0.05, 0) is 18.4 Å². The second-order valence-electron chi connectivity index (χ2n) is 5.01. The molecule has 2 aromatic rings. The van der Waals surface area contributed by atoms with Crippen LogP contribution in [0.3, 0.4) is 0 Å². The van der Waals surface area contributed by atoms with Gasteiger partial charge < -0.3 is 0 Å². The zero-order valence-electron chi connectivity index (χ0n) is 11.4. The Kier molecular flexibility index (Phi) is 4.05. The molecule has 0 saturated heterocycles. The lowest BCUT2D eigenvalue weighted by Crippen LogP contribution is -2.03. The molecule has 1 heterocycles. The number of hydrogen-bond acceptors (Lipinski definition) is 2. The van der Waals surface area contributed by atoms with Gasteiger partial charge in [0.25, 0.3) is 0 Å². The molecule has 1 aromatic carbocycles. The van der Waals surface area contributed by atoms with E-state index in [0.29, 0.717) is 17.3 Å². The molecule has 0 N–H and O–H groups in total. The van der Waals surface area contributed by atoms with E-state index in [1.807, 2.05) is 32.9 Å². The zero-order chi connectivity index (χ0) is 14.0. The minimum Gasteiger partial charge on any atom is -0.298 e. The summed E-state index contributed by atoms with van der Waals surface area (Å²) in [7, 11) is 0. The van der Waals surface area contributed by atoms with Gasteiger partial charge in [0.05, 0.1) is 17.8 Å². The summed E-state index contributed by atoms with van der Waals surface area (Å²) in [6.07, 6.45) is 0.788. The van der Waals surface area contributed by atoms with Gasteiger partial charge >= 0.3 is 0 Å². The first kappa shape index (κ1) is 13.8. The van der Waals surface area contributed by atoms with Crippen LogP contribution in [0.25, 0.3) is 0 Å². The number of hydrogen-bond donors (Lipinski definition) is 0. The first-order valence-corrected chi connectivity index (χ1v) is 6.67. The standard InChI is InChI=1S/C15H17ClN2O/c1-10(2)14-13(9-19)15(16)18(17-14)8-12-6-4-11(3)5-7-12/h4-7,9-10H,8H2,1-3H3. The van der Waals surface area contributed by atoms with Gasteiger partial charge in [-0.15, -0.1) is 0 Å². The lowest BCUT2D eigenvalue weighted by atomic mass is 10.1. The van der Waals surface area contributed by atoms with Crippen molar-refractivity contribution >= 4 is 17.9 Å². The van der Waals surface area contributed by atoms with E-state index in [9.17, 15) is 4.79 Å². The topological polar surface area (TPSA) is 34.9 Å².